The fourth-order valence-electron chi connectivity index (χ4n) is 1.39. The first kappa shape index (κ1) is 12.7. The molecule has 0 amide bonds. The molecular formula is C9H11N7O3. The normalized spacial score (nSPS) is 10.4. The molecule has 0 aliphatic rings. The van der Waals surface area contributed by atoms with Crippen LogP contribution < -0.4 is 11.1 Å². The standard InChI is InChI=1S/C9H11N7O3/c1-5-13-7(15-19-5)2-3-11-8-6(16(17)18)4-12-9(10)14-8/h4H,2-3H2,1H3,(H3,10,11,12,14). The summed E-state index contributed by atoms with van der Waals surface area (Å²) >= 11 is 0. The van der Waals surface area contributed by atoms with Gasteiger partial charge in [-0.25, -0.2) is 4.98 Å². The van der Waals surface area contributed by atoms with E-state index < -0.39 is 4.92 Å². The third kappa shape index (κ3) is 3.12. The number of nitrogens with one attached hydrogen (secondary N) is 1. The van der Waals surface area contributed by atoms with Crippen LogP contribution in [0.3, 0.4) is 0 Å². The number of hydrogen-bond donors (Lipinski definition) is 2. The van der Waals surface area contributed by atoms with E-state index in [1.165, 1.54) is 0 Å². The maximum absolute atomic E-state index is 10.8. The zero-order chi connectivity index (χ0) is 13.8. The quantitative estimate of drug-likeness (QED) is 0.575. The second-order valence-corrected chi connectivity index (χ2v) is 3.63. The zero-order valence-corrected chi connectivity index (χ0v) is 10.0. The smallest absolute Gasteiger partial charge is 0.329 e. The van der Waals surface area contributed by atoms with Crippen LogP contribution in [-0.4, -0.2) is 31.6 Å². The summed E-state index contributed by atoms with van der Waals surface area (Å²) < 4.78 is 4.81. The molecule has 2 rings (SSSR count). The van der Waals surface area contributed by atoms with Gasteiger partial charge in [0.25, 0.3) is 0 Å². The van der Waals surface area contributed by atoms with Crippen molar-refractivity contribution in [1.82, 2.24) is 20.1 Å². The topological polar surface area (TPSA) is 146 Å². The molecule has 2 heterocycles. The molecule has 10 heteroatoms. The molecule has 10 nitrogen and oxygen atoms in total. The van der Waals surface area contributed by atoms with Gasteiger partial charge in [-0.15, -0.1) is 0 Å². The van der Waals surface area contributed by atoms with E-state index in [4.69, 9.17) is 10.3 Å². The molecular weight excluding hydrogens is 254 g/mol. The highest BCUT2D eigenvalue weighted by atomic mass is 16.6. The van der Waals surface area contributed by atoms with Crippen molar-refractivity contribution in [1.29, 1.82) is 0 Å². The average molecular weight is 265 g/mol. The van der Waals surface area contributed by atoms with E-state index in [2.05, 4.69) is 25.4 Å². The van der Waals surface area contributed by atoms with Crippen molar-refractivity contribution in [3.8, 4) is 0 Å². The molecule has 0 aromatic carbocycles. The maximum atomic E-state index is 10.8. The monoisotopic (exact) mass is 265 g/mol. The Morgan fingerprint density at radius 2 is 2.32 bits per heavy atom. The Labute approximate surface area is 107 Å². The van der Waals surface area contributed by atoms with Crippen molar-refractivity contribution in [3.63, 3.8) is 0 Å². The highest BCUT2D eigenvalue weighted by molar-refractivity contribution is 5.56. The summed E-state index contributed by atoms with van der Waals surface area (Å²) in [6.45, 7) is 2.04. The van der Waals surface area contributed by atoms with Gasteiger partial charge < -0.3 is 15.6 Å². The summed E-state index contributed by atoms with van der Waals surface area (Å²) in [7, 11) is 0. The van der Waals surface area contributed by atoms with Crippen LogP contribution in [0.2, 0.25) is 0 Å². The van der Waals surface area contributed by atoms with E-state index in [1.54, 1.807) is 6.92 Å². The van der Waals surface area contributed by atoms with E-state index >= 15 is 0 Å². The molecule has 100 valence electrons. The molecule has 0 spiro atoms. The van der Waals surface area contributed by atoms with Crippen LogP contribution in [0.15, 0.2) is 10.7 Å². The molecule has 0 saturated carbocycles. The number of anilines is 2. The fraction of sp³-hybridized carbons (Fsp3) is 0.333. The van der Waals surface area contributed by atoms with E-state index in [1.807, 2.05) is 0 Å². The molecule has 0 atom stereocenters. The van der Waals surface area contributed by atoms with Crippen LogP contribution in [-0.2, 0) is 6.42 Å². The van der Waals surface area contributed by atoms with E-state index in [9.17, 15) is 10.1 Å². The first-order valence-electron chi connectivity index (χ1n) is 5.36. The number of nitrogens with zero attached hydrogens (tertiary/aromatic N) is 5. The molecule has 2 aromatic rings. The third-order valence-corrected chi connectivity index (χ3v) is 2.20. The predicted octanol–water partition coefficient (Wildman–Crippen LogP) is 0.313. The Balaban J connectivity index is 2.02. The minimum absolute atomic E-state index is 0.0384. The molecule has 0 saturated heterocycles. The Hall–Kier alpha value is -2.78. The molecule has 0 unspecified atom stereocenters. The lowest BCUT2D eigenvalue weighted by atomic mass is 10.4. The largest absolute Gasteiger partial charge is 0.368 e. The first-order valence-corrected chi connectivity index (χ1v) is 5.36. The Morgan fingerprint density at radius 1 is 1.53 bits per heavy atom. The van der Waals surface area contributed by atoms with Gasteiger partial charge in [-0.05, 0) is 0 Å². The Morgan fingerprint density at radius 3 is 2.95 bits per heavy atom. The summed E-state index contributed by atoms with van der Waals surface area (Å²) in [6.07, 6.45) is 1.50. The van der Waals surface area contributed by atoms with Gasteiger partial charge in [-0.1, -0.05) is 5.16 Å². The van der Waals surface area contributed by atoms with E-state index in [0.717, 1.165) is 6.20 Å². The highest BCUT2D eigenvalue weighted by Gasteiger charge is 2.16. The molecule has 19 heavy (non-hydrogen) atoms. The molecule has 0 radical (unpaired) electrons. The van der Waals surface area contributed by atoms with Crippen molar-refractivity contribution in [2.75, 3.05) is 17.6 Å². The summed E-state index contributed by atoms with van der Waals surface area (Å²) in [5, 5.41) is 17.3. The first-order chi connectivity index (χ1) is 9.06. The average Bonchev–Trinajstić information content (AvgIpc) is 2.75. The fourth-order valence-corrected chi connectivity index (χ4v) is 1.39. The lowest BCUT2D eigenvalue weighted by molar-refractivity contribution is -0.384. The minimum atomic E-state index is -0.583. The molecule has 2 aromatic heterocycles. The van der Waals surface area contributed by atoms with Crippen LogP contribution >= 0.6 is 0 Å². The molecule has 0 bridgehead atoms. The van der Waals surface area contributed by atoms with Crippen LogP contribution in [0, 0.1) is 17.0 Å². The van der Waals surface area contributed by atoms with Crippen LogP contribution in [0.25, 0.3) is 0 Å². The highest BCUT2D eigenvalue weighted by Crippen LogP contribution is 2.20. The summed E-state index contributed by atoms with van der Waals surface area (Å²) in [6, 6.07) is 0. The van der Waals surface area contributed by atoms with Gasteiger partial charge in [0.15, 0.2) is 5.82 Å². The number of hydrogen-bond acceptors (Lipinski definition) is 9. The number of nitrogen functional groups attached to an aromatic ring is 1. The number of nitro groups is 1. The molecule has 0 aliphatic carbocycles. The van der Waals surface area contributed by atoms with Gasteiger partial charge in [0, 0.05) is 19.9 Å². The van der Waals surface area contributed by atoms with Gasteiger partial charge >= 0.3 is 5.69 Å². The van der Waals surface area contributed by atoms with E-state index in [0.29, 0.717) is 24.7 Å². The number of aromatic nitrogens is 4. The third-order valence-electron chi connectivity index (χ3n) is 2.20. The second kappa shape index (κ2) is 5.25. The second-order valence-electron chi connectivity index (χ2n) is 3.63. The van der Waals surface area contributed by atoms with Crippen LogP contribution in [0.5, 0.6) is 0 Å². The van der Waals surface area contributed by atoms with Gasteiger partial charge in [0.1, 0.15) is 6.20 Å². The number of rotatable bonds is 5. The molecule has 0 fully saturated rings. The number of aryl methyl sites for hydroxylation is 1. The summed E-state index contributed by atoms with van der Waals surface area (Å²) in [5.41, 5.74) is 5.15. The van der Waals surface area contributed by atoms with Crippen LogP contribution in [0.4, 0.5) is 17.5 Å². The van der Waals surface area contributed by atoms with Crippen molar-refractivity contribution in [2.24, 2.45) is 0 Å². The number of nitrogens with two attached hydrogens (primary N) is 1. The van der Waals surface area contributed by atoms with E-state index in [-0.39, 0.29) is 17.5 Å². The summed E-state index contributed by atoms with van der Waals surface area (Å²) in [5.74, 6) is 1.00. The van der Waals surface area contributed by atoms with Crippen molar-refractivity contribution < 1.29 is 9.45 Å². The van der Waals surface area contributed by atoms with Crippen molar-refractivity contribution >= 4 is 17.5 Å². The Kier molecular flexibility index (Phi) is 3.50. The molecule has 3 N–H and O–H groups in total. The predicted molar refractivity (Wildman–Crippen MR) is 64.3 cm³/mol. The maximum Gasteiger partial charge on any atom is 0.329 e. The lowest BCUT2D eigenvalue weighted by Crippen LogP contribution is -2.11. The van der Waals surface area contributed by atoms with Gasteiger partial charge in [-0.2, -0.15) is 9.97 Å². The zero-order valence-electron chi connectivity index (χ0n) is 10.0. The Bertz CT molecular complexity index is 597. The lowest BCUT2D eigenvalue weighted by Gasteiger charge is -2.04. The van der Waals surface area contributed by atoms with Crippen molar-refractivity contribution in [3.05, 3.63) is 28.0 Å². The molecule has 0 aliphatic heterocycles. The van der Waals surface area contributed by atoms with Gasteiger partial charge in [0.2, 0.25) is 17.7 Å². The van der Waals surface area contributed by atoms with Crippen LogP contribution in [0.1, 0.15) is 11.7 Å². The summed E-state index contributed by atoms with van der Waals surface area (Å²) in [4.78, 5) is 21.6. The minimum Gasteiger partial charge on any atom is -0.368 e. The van der Waals surface area contributed by atoms with Gasteiger partial charge in [-0.3, -0.25) is 10.1 Å². The SMILES string of the molecule is Cc1nc(CCNc2nc(N)ncc2[N+](=O)[O-])no1. The van der Waals surface area contributed by atoms with Crippen molar-refractivity contribution in [2.45, 2.75) is 13.3 Å². The van der Waals surface area contributed by atoms with Gasteiger partial charge in [0.05, 0.1) is 4.92 Å².